The highest BCUT2D eigenvalue weighted by Gasteiger charge is 2.16. The van der Waals surface area contributed by atoms with E-state index in [4.69, 9.17) is 4.42 Å². The average Bonchev–Trinajstić information content (AvgIpc) is 2.57. The molecule has 0 saturated heterocycles. The van der Waals surface area contributed by atoms with Crippen molar-refractivity contribution in [3.05, 3.63) is 63.7 Å². The molecule has 0 atom stereocenters. The second-order valence-electron chi connectivity index (χ2n) is 4.84. The molecule has 7 heteroatoms. The molecule has 0 aliphatic heterocycles. The molecule has 0 unspecified atom stereocenters. The zero-order chi connectivity index (χ0) is 17.5. The van der Waals surface area contributed by atoms with E-state index in [9.17, 15) is 14.4 Å². The largest absolute Gasteiger partial charge is 0.425 e. The van der Waals surface area contributed by atoms with Crippen LogP contribution in [0.25, 0.3) is 0 Å². The summed E-state index contributed by atoms with van der Waals surface area (Å²) in [7, 11) is 1.38. The van der Waals surface area contributed by atoms with Crippen LogP contribution in [0, 0.1) is 0 Å². The van der Waals surface area contributed by atoms with Crippen molar-refractivity contribution in [1.82, 2.24) is 0 Å². The summed E-state index contributed by atoms with van der Waals surface area (Å²) >= 11 is 0. The number of amides is 1. The molecule has 0 bridgehead atoms. The minimum Gasteiger partial charge on any atom is -0.425 e. The highest BCUT2D eigenvalue weighted by molar-refractivity contribution is 6.05. The second-order valence-corrected chi connectivity index (χ2v) is 4.84. The average molecular weight is 328 g/mol. The van der Waals surface area contributed by atoms with Gasteiger partial charge in [-0.2, -0.15) is 0 Å². The van der Waals surface area contributed by atoms with Gasteiger partial charge in [-0.15, -0.1) is 0 Å². The van der Waals surface area contributed by atoms with Gasteiger partial charge < -0.3 is 14.6 Å². The second kappa shape index (κ2) is 7.87. The first-order chi connectivity index (χ1) is 11.5. The molecule has 2 aromatic rings. The summed E-state index contributed by atoms with van der Waals surface area (Å²) in [6.45, 7) is 1.34. The van der Waals surface area contributed by atoms with Crippen LogP contribution in [-0.4, -0.2) is 25.0 Å². The van der Waals surface area contributed by atoms with Gasteiger partial charge in [0.2, 0.25) is 0 Å². The van der Waals surface area contributed by atoms with Crippen LogP contribution in [-0.2, 0) is 11.3 Å². The molecule has 0 saturated carbocycles. The number of Topliss-reactive ketones (excluding diaryl/α,β-unsaturated/α-hetero) is 1. The Bertz CT molecular complexity index is 825. The summed E-state index contributed by atoms with van der Waals surface area (Å²) in [6.07, 6.45) is 1.48. The predicted octanol–water partition coefficient (Wildman–Crippen LogP) is 2.27. The number of carbonyl (C=O) groups excluding carboxylic acids is 2. The molecule has 1 heterocycles. The van der Waals surface area contributed by atoms with Gasteiger partial charge in [0.15, 0.2) is 5.78 Å². The molecular formula is C17H16N2O5. The Kier molecular flexibility index (Phi) is 5.62. The van der Waals surface area contributed by atoms with Crippen LogP contribution in [0.4, 0.5) is 5.69 Å². The zero-order valence-electron chi connectivity index (χ0n) is 13.2. The van der Waals surface area contributed by atoms with Gasteiger partial charge in [0.25, 0.3) is 5.91 Å². The number of rotatable bonds is 6. The highest BCUT2D eigenvalue weighted by Crippen LogP contribution is 2.14. The maximum Gasteiger partial charge on any atom is 0.359 e. The van der Waals surface area contributed by atoms with Crippen LogP contribution < -0.4 is 10.9 Å². The Morgan fingerprint density at radius 1 is 1.29 bits per heavy atom. The van der Waals surface area contributed by atoms with Gasteiger partial charge >= 0.3 is 5.63 Å². The SMILES string of the molecule is CON=CCc1oc(=O)c(NC(=O)c2ccccc2)cc1C(C)=O. The molecule has 1 aromatic carbocycles. The van der Waals surface area contributed by atoms with E-state index < -0.39 is 11.5 Å². The van der Waals surface area contributed by atoms with Crippen LogP contribution in [0.5, 0.6) is 0 Å². The van der Waals surface area contributed by atoms with E-state index in [1.165, 1.54) is 26.3 Å². The molecule has 1 aromatic heterocycles. The molecule has 24 heavy (non-hydrogen) atoms. The van der Waals surface area contributed by atoms with Crippen molar-refractivity contribution < 1.29 is 18.8 Å². The summed E-state index contributed by atoms with van der Waals surface area (Å²) in [5, 5.41) is 6.00. The van der Waals surface area contributed by atoms with E-state index in [0.29, 0.717) is 5.56 Å². The Morgan fingerprint density at radius 2 is 2.00 bits per heavy atom. The highest BCUT2D eigenvalue weighted by atomic mass is 16.6. The lowest BCUT2D eigenvalue weighted by Crippen LogP contribution is -2.20. The van der Waals surface area contributed by atoms with Crippen LogP contribution in [0.15, 0.2) is 50.8 Å². The summed E-state index contributed by atoms with van der Waals surface area (Å²) < 4.78 is 5.15. The van der Waals surface area contributed by atoms with Gasteiger partial charge in [-0.25, -0.2) is 4.79 Å². The third kappa shape index (κ3) is 4.16. The first kappa shape index (κ1) is 17.1. The third-order valence-electron chi connectivity index (χ3n) is 3.14. The Balaban J connectivity index is 2.33. The summed E-state index contributed by atoms with van der Waals surface area (Å²) in [4.78, 5) is 40.5. The normalized spacial score (nSPS) is 10.6. The number of hydrogen-bond acceptors (Lipinski definition) is 6. The first-order valence-electron chi connectivity index (χ1n) is 7.12. The van der Waals surface area contributed by atoms with Gasteiger partial charge in [0, 0.05) is 12.0 Å². The molecule has 7 nitrogen and oxygen atoms in total. The lowest BCUT2D eigenvalue weighted by Gasteiger charge is -2.08. The minimum absolute atomic E-state index is 0.0958. The van der Waals surface area contributed by atoms with Crippen LogP contribution in [0.2, 0.25) is 0 Å². The standard InChI is InChI=1S/C17H16N2O5/c1-11(20)13-10-14(17(22)24-15(13)8-9-18-23-2)19-16(21)12-6-4-3-5-7-12/h3-7,9-10H,8H2,1-2H3,(H,19,21). The quantitative estimate of drug-likeness (QED) is 0.498. The molecule has 2 rings (SSSR count). The van der Waals surface area contributed by atoms with Gasteiger partial charge in [-0.1, -0.05) is 23.4 Å². The number of anilines is 1. The van der Waals surface area contributed by atoms with E-state index in [0.717, 1.165) is 0 Å². The van der Waals surface area contributed by atoms with Crippen molar-refractivity contribution in [3.8, 4) is 0 Å². The number of nitrogens with one attached hydrogen (secondary N) is 1. The molecule has 0 radical (unpaired) electrons. The maximum atomic E-state index is 12.1. The van der Waals surface area contributed by atoms with E-state index in [1.54, 1.807) is 30.3 Å². The van der Waals surface area contributed by atoms with Crippen molar-refractivity contribution in [3.63, 3.8) is 0 Å². The summed E-state index contributed by atoms with van der Waals surface area (Å²) in [6, 6.07) is 9.71. The van der Waals surface area contributed by atoms with Crippen LogP contribution in [0.3, 0.4) is 0 Å². The van der Waals surface area contributed by atoms with Gasteiger partial charge in [-0.3, -0.25) is 9.59 Å². The summed E-state index contributed by atoms with van der Waals surface area (Å²) in [5.41, 5.74) is -0.260. The molecule has 1 N–H and O–H groups in total. The van der Waals surface area contributed by atoms with Crippen molar-refractivity contribution in [2.75, 3.05) is 12.4 Å². The predicted molar refractivity (Wildman–Crippen MR) is 88.6 cm³/mol. The van der Waals surface area contributed by atoms with Gasteiger partial charge in [0.1, 0.15) is 18.6 Å². The molecular weight excluding hydrogens is 312 g/mol. The molecule has 1 amide bonds. The topological polar surface area (TPSA) is 98.0 Å². The smallest absolute Gasteiger partial charge is 0.359 e. The number of benzene rings is 1. The van der Waals surface area contributed by atoms with E-state index in [1.807, 2.05) is 0 Å². The van der Waals surface area contributed by atoms with Gasteiger partial charge in [0.05, 0.1) is 11.8 Å². The number of oxime groups is 1. The maximum absolute atomic E-state index is 12.1. The van der Waals surface area contributed by atoms with Crippen molar-refractivity contribution in [1.29, 1.82) is 0 Å². The minimum atomic E-state index is -0.745. The molecule has 124 valence electrons. The fraction of sp³-hybridized carbons (Fsp3) is 0.176. The van der Waals surface area contributed by atoms with Gasteiger partial charge in [-0.05, 0) is 25.1 Å². The first-order valence-corrected chi connectivity index (χ1v) is 7.12. The van der Waals surface area contributed by atoms with Crippen LogP contribution in [0.1, 0.15) is 33.4 Å². The fourth-order valence-corrected chi connectivity index (χ4v) is 2.02. The molecule has 0 aliphatic carbocycles. The van der Waals surface area contributed by atoms with Crippen molar-refractivity contribution >= 4 is 23.6 Å². The molecule has 0 fully saturated rings. The Morgan fingerprint density at radius 3 is 2.62 bits per heavy atom. The van der Waals surface area contributed by atoms with E-state index >= 15 is 0 Å². The Labute approximate surface area is 137 Å². The number of hydrogen-bond donors (Lipinski definition) is 1. The number of carbonyl (C=O) groups is 2. The lowest BCUT2D eigenvalue weighted by atomic mass is 10.1. The summed E-state index contributed by atoms with van der Waals surface area (Å²) in [5.74, 6) is -0.605. The Hall–Kier alpha value is -3.22. The van der Waals surface area contributed by atoms with Crippen molar-refractivity contribution in [2.45, 2.75) is 13.3 Å². The third-order valence-corrected chi connectivity index (χ3v) is 3.14. The number of nitrogens with zero attached hydrogens (tertiary/aromatic N) is 1. The zero-order valence-corrected chi connectivity index (χ0v) is 13.2. The monoisotopic (exact) mass is 328 g/mol. The van der Waals surface area contributed by atoms with E-state index in [-0.39, 0.29) is 29.2 Å². The molecule has 0 aliphatic rings. The van der Waals surface area contributed by atoms with Crippen molar-refractivity contribution in [2.24, 2.45) is 5.16 Å². The molecule has 0 spiro atoms. The van der Waals surface area contributed by atoms with E-state index in [2.05, 4.69) is 15.3 Å². The lowest BCUT2D eigenvalue weighted by molar-refractivity contribution is 0.100. The fourth-order valence-electron chi connectivity index (χ4n) is 2.02. The number of ketones is 1. The van der Waals surface area contributed by atoms with Crippen LogP contribution >= 0.6 is 0 Å².